The molecule has 0 aromatic carbocycles. The molecule has 16 heavy (non-hydrogen) atoms. The number of rotatable bonds is 4. The van der Waals surface area contributed by atoms with Crippen LogP contribution < -0.4 is 5.32 Å². The van der Waals surface area contributed by atoms with Gasteiger partial charge in [-0.05, 0) is 32.7 Å². The topological polar surface area (TPSA) is 41.6 Å². The smallest absolute Gasteiger partial charge is 0.407 e. The van der Waals surface area contributed by atoms with Crippen LogP contribution in [0.1, 0.15) is 33.1 Å². The van der Waals surface area contributed by atoms with Crippen molar-refractivity contribution in [2.45, 2.75) is 39.2 Å². The Morgan fingerprint density at radius 3 is 2.81 bits per heavy atom. The van der Waals surface area contributed by atoms with E-state index in [0.717, 1.165) is 19.5 Å². The lowest BCUT2D eigenvalue weighted by molar-refractivity contribution is 0.125. The molecular weight excluding hydrogens is 204 g/mol. The lowest BCUT2D eigenvalue weighted by atomic mass is 9.91. The zero-order valence-electron chi connectivity index (χ0n) is 10.7. The number of nitrogens with zero attached hydrogens (tertiary/aromatic N) is 1. The van der Waals surface area contributed by atoms with E-state index in [0.29, 0.717) is 12.5 Å². The van der Waals surface area contributed by atoms with Crippen LogP contribution in [0.5, 0.6) is 0 Å². The lowest BCUT2D eigenvalue weighted by Crippen LogP contribution is -2.49. The Morgan fingerprint density at radius 1 is 1.44 bits per heavy atom. The summed E-state index contributed by atoms with van der Waals surface area (Å²) in [5, 5.41) is 2.94. The van der Waals surface area contributed by atoms with Gasteiger partial charge >= 0.3 is 6.09 Å². The molecule has 0 bridgehead atoms. The molecule has 4 heteroatoms. The fourth-order valence-corrected chi connectivity index (χ4v) is 2.50. The molecule has 1 aliphatic heterocycles. The van der Waals surface area contributed by atoms with E-state index in [4.69, 9.17) is 4.74 Å². The third-order valence-corrected chi connectivity index (χ3v) is 3.01. The first-order chi connectivity index (χ1) is 7.65. The Morgan fingerprint density at radius 2 is 2.19 bits per heavy atom. The molecule has 1 amide bonds. The molecule has 0 spiro atoms. The predicted molar refractivity (Wildman–Crippen MR) is 64.5 cm³/mol. The van der Waals surface area contributed by atoms with Crippen molar-refractivity contribution in [3.63, 3.8) is 0 Å². The highest BCUT2D eigenvalue weighted by atomic mass is 16.5. The lowest BCUT2D eigenvalue weighted by Gasteiger charge is -2.35. The quantitative estimate of drug-likeness (QED) is 0.798. The van der Waals surface area contributed by atoms with Crippen molar-refractivity contribution < 1.29 is 9.53 Å². The molecule has 2 unspecified atom stereocenters. The number of carbonyl (C=O) groups is 1. The molecular formula is C12H24N2O2. The Kier molecular flexibility index (Phi) is 5.60. The Balaban J connectivity index is 2.37. The van der Waals surface area contributed by atoms with E-state index in [1.165, 1.54) is 12.8 Å². The summed E-state index contributed by atoms with van der Waals surface area (Å²) in [4.78, 5) is 13.6. The summed E-state index contributed by atoms with van der Waals surface area (Å²) >= 11 is 0. The second kappa shape index (κ2) is 6.74. The summed E-state index contributed by atoms with van der Waals surface area (Å²) in [5.41, 5.74) is 0. The predicted octanol–water partition coefficient (Wildman–Crippen LogP) is 1.85. The maximum atomic E-state index is 11.3. The summed E-state index contributed by atoms with van der Waals surface area (Å²) < 4.78 is 4.91. The van der Waals surface area contributed by atoms with Crippen LogP contribution in [0, 0.1) is 5.92 Å². The first-order valence-electron chi connectivity index (χ1n) is 6.27. The van der Waals surface area contributed by atoms with E-state index in [-0.39, 0.29) is 12.1 Å². The number of piperidine rings is 1. The molecule has 0 radical (unpaired) electrons. The molecule has 0 aromatic heterocycles. The van der Waals surface area contributed by atoms with Crippen LogP contribution in [0.4, 0.5) is 4.79 Å². The van der Waals surface area contributed by atoms with Gasteiger partial charge in [-0.1, -0.05) is 13.3 Å². The number of carbonyl (C=O) groups excluding carboxylic acids is 1. The number of hydrogen-bond donors (Lipinski definition) is 1. The molecule has 1 saturated heterocycles. The Labute approximate surface area is 98.3 Å². The largest absolute Gasteiger partial charge is 0.450 e. The minimum absolute atomic E-state index is 0.245. The van der Waals surface area contributed by atoms with Crippen molar-refractivity contribution in [1.29, 1.82) is 0 Å². The summed E-state index contributed by atoms with van der Waals surface area (Å²) in [6.45, 7) is 6.55. The highest BCUT2D eigenvalue weighted by molar-refractivity contribution is 5.67. The average molecular weight is 228 g/mol. The molecule has 94 valence electrons. The zero-order valence-corrected chi connectivity index (χ0v) is 10.7. The standard InChI is InChI=1S/C12H24N2O2/c1-4-6-10-7-11(9-14(3)8-10)13-12(15)16-5-2/h10-11H,4-9H2,1-3H3,(H,13,15). The average Bonchev–Trinajstić information content (AvgIpc) is 2.17. The van der Waals surface area contributed by atoms with Gasteiger partial charge < -0.3 is 15.0 Å². The summed E-state index contributed by atoms with van der Waals surface area (Å²) in [7, 11) is 2.11. The number of amides is 1. The van der Waals surface area contributed by atoms with Crippen molar-refractivity contribution >= 4 is 6.09 Å². The third-order valence-electron chi connectivity index (χ3n) is 3.01. The highest BCUT2D eigenvalue weighted by Gasteiger charge is 2.25. The van der Waals surface area contributed by atoms with Gasteiger partial charge in [0, 0.05) is 19.1 Å². The Hall–Kier alpha value is -0.770. The minimum Gasteiger partial charge on any atom is -0.450 e. The first kappa shape index (κ1) is 13.3. The molecule has 1 rings (SSSR count). The zero-order chi connectivity index (χ0) is 12.0. The van der Waals surface area contributed by atoms with Gasteiger partial charge in [-0.15, -0.1) is 0 Å². The molecule has 2 atom stereocenters. The first-order valence-corrected chi connectivity index (χ1v) is 6.27. The number of ether oxygens (including phenoxy) is 1. The highest BCUT2D eigenvalue weighted by Crippen LogP contribution is 2.20. The van der Waals surface area contributed by atoms with Gasteiger partial charge in [0.15, 0.2) is 0 Å². The summed E-state index contributed by atoms with van der Waals surface area (Å²) in [6, 6.07) is 0.245. The summed E-state index contributed by atoms with van der Waals surface area (Å²) in [5.74, 6) is 0.704. The van der Waals surface area contributed by atoms with Gasteiger partial charge in [-0.25, -0.2) is 4.79 Å². The normalized spacial score (nSPS) is 26.4. The van der Waals surface area contributed by atoms with Crippen LogP contribution in [-0.4, -0.2) is 43.8 Å². The molecule has 0 aliphatic carbocycles. The third kappa shape index (κ3) is 4.39. The van der Waals surface area contributed by atoms with Crippen LogP contribution >= 0.6 is 0 Å². The van der Waals surface area contributed by atoms with Gasteiger partial charge in [0.2, 0.25) is 0 Å². The SMILES string of the molecule is CCCC1CC(NC(=O)OCC)CN(C)C1. The second-order valence-corrected chi connectivity index (χ2v) is 4.67. The molecule has 1 fully saturated rings. The maximum absolute atomic E-state index is 11.3. The molecule has 0 aromatic rings. The van der Waals surface area contributed by atoms with Gasteiger partial charge in [0.05, 0.1) is 6.61 Å². The molecule has 4 nitrogen and oxygen atoms in total. The molecule has 1 heterocycles. The van der Waals surface area contributed by atoms with Crippen molar-refractivity contribution in [3.8, 4) is 0 Å². The van der Waals surface area contributed by atoms with E-state index in [1.807, 2.05) is 6.92 Å². The minimum atomic E-state index is -0.280. The monoisotopic (exact) mass is 228 g/mol. The fraction of sp³-hybridized carbons (Fsp3) is 0.917. The van der Waals surface area contributed by atoms with Crippen molar-refractivity contribution in [2.75, 3.05) is 26.7 Å². The van der Waals surface area contributed by atoms with Crippen LogP contribution in [0.15, 0.2) is 0 Å². The van der Waals surface area contributed by atoms with Crippen LogP contribution in [0.3, 0.4) is 0 Å². The van der Waals surface area contributed by atoms with Gasteiger partial charge in [0.25, 0.3) is 0 Å². The number of alkyl carbamates (subject to hydrolysis) is 1. The number of likely N-dealkylation sites (N-methyl/N-ethyl adjacent to an activating group) is 1. The maximum Gasteiger partial charge on any atom is 0.407 e. The van der Waals surface area contributed by atoms with Crippen LogP contribution in [-0.2, 0) is 4.74 Å². The van der Waals surface area contributed by atoms with Crippen molar-refractivity contribution in [3.05, 3.63) is 0 Å². The molecule has 1 aliphatic rings. The second-order valence-electron chi connectivity index (χ2n) is 4.67. The molecule has 1 N–H and O–H groups in total. The van der Waals surface area contributed by atoms with E-state index >= 15 is 0 Å². The van der Waals surface area contributed by atoms with E-state index in [9.17, 15) is 4.79 Å². The van der Waals surface area contributed by atoms with Crippen molar-refractivity contribution in [1.82, 2.24) is 10.2 Å². The Bertz CT molecular complexity index is 221. The molecule has 0 saturated carbocycles. The van der Waals surface area contributed by atoms with Crippen LogP contribution in [0.2, 0.25) is 0 Å². The van der Waals surface area contributed by atoms with Gasteiger partial charge in [-0.2, -0.15) is 0 Å². The number of nitrogens with one attached hydrogen (secondary N) is 1. The van der Waals surface area contributed by atoms with Gasteiger partial charge in [-0.3, -0.25) is 0 Å². The van der Waals surface area contributed by atoms with E-state index in [2.05, 4.69) is 24.2 Å². The van der Waals surface area contributed by atoms with E-state index in [1.54, 1.807) is 0 Å². The van der Waals surface area contributed by atoms with Crippen molar-refractivity contribution in [2.24, 2.45) is 5.92 Å². The number of hydrogen-bond acceptors (Lipinski definition) is 3. The number of likely N-dealkylation sites (tertiary alicyclic amines) is 1. The van der Waals surface area contributed by atoms with Gasteiger partial charge in [0.1, 0.15) is 0 Å². The summed E-state index contributed by atoms with van der Waals surface area (Å²) in [6.07, 6.45) is 3.26. The van der Waals surface area contributed by atoms with Crippen LogP contribution in [0.25, 0.3) is 0 Å². The van der Waals surface area contributed by atoms with E-state index < -0.39 is 0 Å². The fourth-order valence-electron chi connectivity index (χ4n) is 2.50.